The molecule has 2 N–H and O–H groups in total. The third kappa shape index (κ3) is 2.50. The van der Waals surface area contributed by atoms with Crippen molar-refractivity contribution in [1.82, 2.24) is 0 Å². The first-order valence-corrected chi connectivity index (χ1v) is 3.85. The van der Waals surface area contributed by atoms with Crippen molar-refractivity contribution in [1.29, 1.82) is 0 Å². The topological polar surface area (TPSA) is 57.5 Å². The van der Waals surface area contributed by atoms with E-state index in [0.717, 1.165) is 18.2 Å². The second-order valence-electron chi connectivity index (χ2n) is 2.79. The summed E-state index contributed by atoms with van der Waals surface area (Å²) in [6.07, 6.45) is -1.85. The van der Waals surface area contributed by atoms with Gasteiger partial charge in [0.15, 0.2) is 11.6 Å². The van der Waals surface area contributed by atoms with Gasteiger partial charge in [0.1, 0.15) is 0 Å². The van der Waals surface area contributed by atoms with Crippen LogP contribution in [0.1, 0.15) is 18.1 Å². The Bertz CT molecular complexity index is 352. The summed E-state index contributed by atoms with van der Waals surface area (Å²) in [5.41, 5.74) is 0.0475. The molecule has 1 unspecified atom stereocenters. The Morgan fingerprint density at radius 3 is 2.50 bits per heavy atom. The number of carbonyl (C=O) groups is 1. The van der Waals surface area contributed by atoms with Gasteiger partial charge in [0.2, 0.25) is 0 Å². The smallest absolute Gasteiger partial charge is 0.306 e. The fourth-order valence-corrected chi connectivity index (χ4v) is 1.00. The summed E-state index contributed by atoms with van der Waals surface area (Å²) in [4.78, 5) is 10.2. The van der Waals surface area contributed by atoms with Gasteiger partial charge in [0.25, 0.3) is 0 Å². The summed E-state index contributed by atoms with van der Waals surface area (Å²) < 4.78 is 25.1. The largest absolute Gasteiger partial charge is 0.481 e. The number of hydrogen-bond acceptors (Lipinski definition) is 2. The van der Waals surface area contributed by atoms with E-state index < -0.39 is 30.1 Å². The predicted molar refractivity (Wildman–Crippen MR) is 43.6 cm³/mol. The lowest BCUT2D eigenvalue weighted by Crippen LogP contribution is -2.05. The first kappa shape index (κ1) is 10.6. The standard InChI is InChI=1S/C9H8F2O3/c10-6-2-1-5(3-7(6)11)8(12)4-9(13)14/h1-3,8,12H,4H2,(H,13,14). The van der Waals surface area contributed by atoms with Crippen molar-refractivity contribution in [2.75, 3.05) is 0 Å². The van der Waals surface area contributed by atoms with Crippen LogP contribution in [0.15, 0.2) is 18.2 Å². The molecule has 3 nitrogen and oxygen atoms in total. The van der Waals surface area contributed by atoms with Crippen molar-refractivity contribution in [3.8, 4) is 0 Å². The minimum absolute atomic E-state index is 0.0475. The Kier molecular flexibility index (Phi) is 3.14. The maximum Gasteiger partial charge on any atom is 0.306 e. The maximum absolute atomic E-state index is 12.6. The second-order valence-corrected chi connectivity index (χ2v) is 2.79. The molecular weight excluding hydrogens is 194 g/mol. The van der Waals surface area contributed by atoms with E-state index in [2.05, 4.69) is 0 Å². The van der Waals surface area contributed by atoms with Crippen molar-refractivity contribution in [2.24, 2.45) is 0 Å². The molecule has 1 atom stereocenters. The highest BCUT2D eigenvalue weighted by Gasteiger charge is 2.13. The van der Waals surface area contributed by atoms with Gasteiger partial charge >= 0.3 is 5.97 Å². The maximum atomic E-state index is 12.6. The highest BCUT2D eigenvalue weighted by molar-refractivity contribution is 5.67. The Morgan fingerprint density at radius 1 is 1.36 bits per heavy atom. The summed E-state index contributed by atoms with van der Waals surface area (Å²) in [5.74, 6) is -3.34. The molecule has 1 rings (SSSR count). The molecule has 0 fully saturated rings. The number of carboxylic acids is 1. The molecule has 0 heterocycles. The van der Waals surface area contributed by atoms with E-state index in [4.69, 9.17) is 5.11 Å². The Hall–Kier alpha value is -1.49. The molecule has 0 spiro atoms. The lowest BCUT2D eigenvalue weighted by atomic mass is 10.1. The van der Waals surface area contributed by atoms with Crippen LogP contribution in [0.3, 0.4) is 0 Å². The van der Waals surface area contributed by atoms with E-state index in [1.165, 1.54) is 0 Å². The van der Waals surface area contributed by atoms with Crippen molar-refractivity contribution in [3.05, 3.63) is 35.4 Å². The van der Waals surface area contributed by atoms with E-state index >= 15 is 0 Å². The number of aliphatic hydroxyl groups is 1. The predicted octanol–water partition coefficient (Wildman–Crippen LogP) is 1.47. The fraction of sp³-hybridized carbons (Fsp3) is 0.222. The average molecular weight is 202 g/mol. The first-order chi connectivity index (χ1) is 6.50. The van der Waals surface area contributed by atoms with Crippen LogP contribution in [0.5, 0.6) is 0 Å². The van der Waals surface area contributed by atoms with Gasteiger partial charge in [-0.1, -0.05) is 6.07 Å². The van der Waals surface area contributed by atoms with Gasteiger partial charge in [-0.3, -0.25) is 4.79 Å². The average Bonchev–Trinajstić information content (AvgIpc) is 2.08. The number of hydrogen-bond donors (Lipinski definition) is 2. The molecule has 0 aromatic heterocycles. The zero-order valence-corrected chi connectivity index (χ0v) is 7.08. The SMILES string of the molecule is O=C(O)CC(O)c1ccc(F)c(F)c1. The summed E-state index contributed by atoms with van der Waals surface area (Å²) >= 11 is 0. The molecule has 0 aliphatic rings. The highest BCUT2D eigenvalue weighted by Crippen LogP contribution is 2.18. The third-order valence-electron chi connectivity index (χ3n) is 1.70. The molecule has 0 amide bonds. The van der Waals surface area contributed by atoms with Gasteiger partial charge in [-0.05, 0) is 17.7 Å². The van der Waals surface area contributed by atoms with Gasteiger partial charge in [-0.25, -0.2) is 8.78 Å². The number of rotatable bonds is 3. The molecule has 1 aromatic carbocycles. The quantitative estimate of drug-likeness (QED) is 0.780. The van der Waals surface area contributed by atoms with Crippen LogP contribution in [0, 0.1) is 11.6 Å². The molecule has 0 radical (unpaired) electrons. The zero-order chi connectivity index (χ0) is 10.7. The third-order valence-corrected chi connectivity index (χ3v) is 1.70. The molecule has 5 heteroatoms. The molecule has 76 valence electrons. The number of carboxylic acid groups (broad SMARTS) is 1. The fourth-order valence-electron chi connectivity index (χ4n) is 1.00. The Labute approximate surface area is 78.6 Å². The number of benzene rings is 1. The van der Waals surface area contributed by atoms with Gasteiger partial charge in [0, 0.05) is 0 Å². The van der Waals surface area contributed by atoms with Crippen molar-refractivity contribution in [3.63, 3.8) is 0 Å². The van der Waals surface area contributed by atoms with E-state index in [0.29, 0.717) is 0 Å². The normalized spacial score (nSPS) is 12.5. The van der Waals surface area contributed by atoms with Crippen LogP contribution >= 0.6 is 0 Å². The molecule has 0 bridgehead atoms. The summed E-state index contributed by atoms with van der Waals surface area (Å²) in [5, 5.41) is 17.6. The minimum Gasteiger partial charge on any atom is -0.481 e. The second kappa shape index (κ2) is 4.15. The van der Waals surface area contributed by atoms with E-state index in [9.17, 15) is 18.7 Å². The summed E-state index contributed by atoms with van der Waals surface area (Å²) in [6.45, 7) is 0. The Balaban J connectivity index is 2.85. The summed E-state index contributed by atoms with van der Waals surface area (Å²) in [6, 6.07) is 2.77. The van der Waals surface area contributed by atoms with Crippen LogP contribution in [-0.2, 0) is 4.79 Å². The number of aliphatic hydroxyl groups excluding tert-OH is 1. The van der Waals surface area contributed by atoms with Gasteiger partial charge in [-0.15, -0.1) is 0 Å². The van der Waals surface area contributed by atoms with Crippen LogP contribution in [0.25, 0.3) is 0 Å². The molecule has 1 aromatic rings. The monoisotopic (exact) mass is 202 g/mol. The van der Waals surface area contributed by atoms with Crippen LogP contribution < -0.4 is 0 Å². The number of halogens is 2. The van der Waals surface area contributed by atoms with E-state index in [1.54, 1.807) is 0 Å². The van der Waals surface area contributed by atoms with Crippen LogP contribution in [0.4, 0.5) is 8.78 Å². The van der Waals surface area contributed by atoms with E-state index in [1.807, 2.05) is 0 Å². The molecular formula is C9H8F2O3. The highest BCUT2D eigenvalue weighted by atomic mass is 19.2. The van der Waals surface area contributed by atoms with Crippen molar-refractivity contribution < 1.29 is 23.8 Å². The van der Waals surface area contributed by atoms with Crippen molar-refractivity contribution in [2.45, 2.75) is 12.5 Å². The summed E-state index contributed by atoms with van der Waals surface area (Å²) in [7, 11) is 0. The first-order valence-electron chi connectivity index (χ1n) is 3.85. The number of aliphatic carboxylic acids is 1. The molecule has 0 saturated carbocycles. The van der Waals surface area contributed by atoms with Gasteiger partial charge in [0.05, 0.1) is 12.5 Å². The lowest BCUT2D eigenvalue weighted by molar-refractivity contribution is -0.139. The van der Waals surface area contributed by atoms with Crippen LogP contribution in [0.2, 0.25) is 0 Å². The van der Waals surface area contributed by atoms with Crippen molar-refractivity contribution >= 4 is 5.97 Å². The van der Waals surface area contributed by atoms with Gasteiger partial charge in [-0.2, -0.15) is 0 Å². The van der Waals surface area contributed by atoms with E-state index in [-0.39, 0.29) is 5.56 Å². The molecule has 0 aliphatic carbocycles. The molecule has 14 heavy (non-hydrogen) atoms. The Morgan fingerprint density at radius 2 is 2.00 bits per heavy atom. The molecule has 0 saturated heterocycles. The van der Waals surface area contributed by atoms with Crippen LogP contribution in [-0.4, -0.2) is 16.2 Å². The zero-order valence-electron chi connectivity index (χ0n) is 7.08. The lowest BCUT2D eigenvalue weighted by Gasteiger charge is -2.07. The minimum atomic E-state index is -1.32. The van der Waals surface area contributed by atoms with Gasteiger partial charge < -0.3 is 10.2 Å². The molecule has 0 aliphatic heterocycles.